The molecular formula is C21H27N5O3S. The number of aromatic hydroxyl groups is 1. The summed E-state index contributed by atoms with van der Waals surface area (Å²) < 4.78 is 18.0. The number of phenols is 1. The Morgan fingerprint density at radius 2 is 1.87 bits per heavy atom. The van der Waals surface area contributed by atoms with Crippen LogP contribution in [-0.4, -0.2) is 70.5 Å². The Morgan fingerprint density at radius 3 is 2.63 bits per heavy atom. The van der Waals surface area contributed by atoms with E-state index in [2.05, 4.69) is 15.1 Å². The van der Waals surface area contributed by atoms with Gasteiger partial charge in [0.15, 0.2) is 0 Å². The van der Waals surface area contributed by atoms with Crippen molar-refractivity contribution < 1.29 is 14.1 Å². The molecule has 2 N–H and O–H groups in total. The largest absolute Gasteiger partial charge is 0.508 e. The first-order valence-electron chi connectivity index (χ1n) is 10.6. The fourth-order valence-corrected chi connectivity index (χ4v) is 5.63. The number of benzene rings is 1. The van der Waals surface area contributed by atoms with Crippen molar-refractivity contribution >= 4 is 28.3 Å². The van der Waals surface area contributed by atoms with Crippen molar-refractivity contribution in [2.24, 2.45) is 0 Å². The van der Waals surface area contributed by atoms with Gasteiger partial charge in [0.05, 0.1) is 16.5 Å². The third-order valence-electron chi connectivity index (χ3n) is 6.00. The Bertz CT molecular complexity index is 942. The molecule has 8 nitrogen and oxygen atoms in total. The van der Waals surface area contributed by atoms with Crippen molar-refractivity contribution in [3.05, 3.63) is 30.0 Å². The molecule has 160 valence electrons. The average Bonchev–Trinajstić information content (AvgIpc) is 3.16. The number of hydrogen-bond donors (Lipinski definition) is 2. The number of fused-ring (bicyclic) bond motifs is 1. The number of nitrogens with one attached hydrogen (secondary N) is 1. The van der Waals surface area contributed by atoms with Crippen molar-refractivity contribution in [1.29, 1.82) is 0 Å². The maximum Gasteiger partial charge on any atom is 0.227 e. The molecular weight excluding hydrogens is 402 g/mol. The smallest absolute Gasteiger partial charge is 0.227 e. The van der Waals surface area contributed by atoms with E-state index < -0.39 is 10.8 Å². The number of aryl methyl sites for hydroxylation is 1. The van der Waals surface area contributed by atoms with E-state index in [1.165, 1.54) is 0 Å². The molecule has 2 saturated heterocycles. The number of hydrogen-bond acceptors (Lipinski definition) is 8. The van der Waals surface area contributed by atoms with Crippen LogP contribution < -0.4 is 15.1 Å². The first kappa shape index (κ1) is 19.6. The molecule has 2 aromatic rings. The van der Waals surface area contributed by atoms with Crippen molar-refractivity contribution in [3.8, 4) is 5.75 Å². The first-order chi connectivity index (χ1) is 14.7. The van der Waals surface area contributed by atoms with Gasteiger partial charge < -0.3 is 25.0 Å². The maximum absolute atomic E-state index is 12.6. The van der Waals surface area contributed by atoms with Gasteiger partial charge in [-0.05, 0) is 25.0 Å². The van der Waals surface area contributed by atoms with Crippen LogP contribution >= 0.6 is 0 Å². The van der Waals surface area contributed by atoms with Crippen molar-refractivity contribution in [2.75, 3.05) is 60.3 Å². The second-order valence-corrected chi connectivity index (χ2v) is 9.48. The lowest BCUT2D eigenvalue weighted by Gasteiger charge is -2.36. The molecule has 4 heterocycles. The lowest BCUT2D eigenvalue weighted by atomic mass is 10.1. The zero-order valence-electron chi connectivity index (χ0n) is 16.9. The van der Waals surface area contributed by atoms with Crippen molar-refractivity contribution in [2.45, 2.75) is 30.2 Å². The van der Waals surface area contributed by atoms with Crippen LogP contribution in [-0.2, 0) is 22.0 Å². The highest BCUT2D eigenvalue weighted by Crippen LogP contribution is 2.31. The van der Waals surface area contributed by atoms with Crippen molar-refractivity contribution in [1.82, 2.24) is 9.97 Å². The quantitative estimate of drug-likeness (QED) is 0.760. The van der Waals surface area contributed by atoms with Gasteiger partial charge in [-0.15, -0.1) is 0 Å². The van der Waals surface area contributed by atoms with E-state index in [9.17, 15) is 9.32 Å². The fraction of sp³-hybridized carbons (Fsp3) is 0.524. The minimum absolute atomic E-state index is 0.286. The Morgan fingerprint density at radius 1 is 1.10 bits per heavy atom. The summed E-state index contributed by atoms with van der Waals surface area (Å²) in [6.45, 7) is 4.76. The number of aromatic nitrogens is 2. The molecule has 0 radical (unpaired) electrons. The molecule has 2 fully saturated rings. The highest BCUT2D eigenvalue weighted by molar-refractivity contribution is 7.85. The third-order valence-corrected chi connectivity index (χ3v) is 7.45. The van der Waals surface area contributed by atoms with Gasteiger partial charge in [0, 0.05) is 69.4 Å². The second-order valence-electron chi connectivity index (χ2n) is 7.97. The molecule has 1 unspecified atom stereocenters. The third kappa shape index (κ3) is 3.96. The van der Waals surface area contributed by atoms with Gasteiger partial charge >= 0.3 is 0 Å². The van der Waals surface area contributed by atoms with Gasteiger partial charge in [0.2, 0.25) is 5.95 Å². The normalized spacial score (nSPS) is 22.2. The van der Waals surface area contributed by atoms with E-state index >= 15 is 0 Å². The van der Waals surface area contributed by atoms with Gasteiger partial charge in [-0.1, -0.05) is 6.07 Å². The predicted octanol–water partition coefficient (Wildman–Crippen LogP) is 1.76. The standard InChI is InChI=1S/C21H27N5O3S/c27-17-3-1-2-16(14-17)25-7-9-26(10-8-25)21-23-18-6-13-30(28)19(18)20(24-21)22-15-4-11-29-12-5-15/h1-3,14-15,27H,4-13H2,(H,22,23,24). The summed E-state index contributed by atoms with van der Waals surface area (Å²) in [5, 5.41) is 13.3. The molecule has 5 rings (SSSR count). The van der Waals surface area contributed by atoms with Crippen LogP contribution in [0, 0.1) is 0 Å². The Kier molecular flexibility index (Phi) is 5.47. The van der Waals surface area contributed by atoms with Crippen molar-refractivity contribution in [3.63, 3.8) is 0 Å². The average molecular weight is 430 g/mol. The summed E-state index contributed by atoms with van der Waals surface area (Å²) >= 11 is 0. The maximum atomic E-state index is 12.6. The predicted molar refractivity (Wildman–Crippen MR) is 117 cm³/mol. The summed E-state index contributed by atoms with van der Waals surface area (Å²) in [6.07, 6.45) is 2.61. The SMILES string of the molecule is O=S1CCc2nc(N3CCN(c4cccc(O)c4)CC3)nc(NC3CCOCC3)c21. The molecule has 9 heteroatoms. The molecule has 3 aliphatic rings. The van der Waals surface area contributed by atoms with E-state index in [4.69, 9.17) is 14.7 Å². The van der Waals surface area contributed by atoms with Crippen LogP contribution in [0.1, 0.15) is 18.5 Å². The summed E-state index contributed by atoms with van der Waals surface area (Å²) in [5.74, 6) is 2.38. The van der Waals surface area contributed by atoms with Gasteiger partial charge in [0.1, 0.15) is 16.5 Å². The van der Waals surface area contributed by atoms with Crippen LogP contribution in [0.5, 0.6) is 5.75 Å². The lowest BCUT2D eigenvalue weighted by Crippen LogP contribution is -2.47. The summed E-state index contributed by atoms with van der Waals surface area (Å²) in [4.78, 5) is 14.9. The minimum atomic E-state index is -1.03. The molecule has 0 bridgehead atoms. The Hall–Kier alpha value is -2.39. The van der Waals surface area contributed by atoms with Crippen LogP contribution in [0.4, 0.5) is 17.5 Å². The highest BCUT2D eigenvalue weighted by Gasteiger charge is 2.29. The molecule has 1 aromatic heterocycles. The van der Waals surface area contributed by atoms with E-state index in [-0.39, 0.29) is 5.75 Å². The molecule has 1 atom stereocenters. The number of phenolic OH excluding ortho intramolecular Hbond substituents is 1. The van der Waals surface area contributed by atoms with Crippen LogP contribution in [0.15, 0.2) is 29.2 Å². The van der Waals surface area contributed by atoms with E-state index in [0.29, 0.717) is 11.8 Å². The van der Waals surface area contributed by atoms with Gasteiger partial charge in [-0.25, -0.2) is 4.98 Å². The Balaban J connectivity index is 1.34. The Labute approximate surface area is 178 Å². The number of nitrogens with zero attached hydrogens (tertiary/aromatic N) is 4. The van der Waals surface area contributed by atoms with E-state index in [0.717, 1.165) is 86.7 Å². The van der Waals surface area contributed by atoms with E-state index in [1.807, 2.05) is 12.1 Å². The highest BCUT2D eigenvalue weighted by atomic mass is 32.2. The van der Waals surface area contributed by atoms with Crippen LogP contribution in [0.3, 0.4) is 0 Å². The van der Waals surface area contributed by atoms with E-state index in [1.54, 1.807) is 12.1 Å². The zero-order chi connectivity index (χ0) is 20.5. The van der Waals surface area contributed by atoms with Gasteiger partial charge in [-0.2, -0.15) is 4.98 Å². The summed E-state index contributed by atoms with van der Waals surface area (Å²) in [5.41, 5.74) is 1.95. The number of piperazine rings is 1. The van der Waals surface area contributed by atoms with Crippen LogP contribution in [0.2, 0.25) is 0 Å². The molecule has 30 heavy (non-hydrogen) atoms. The molecule has 0 aliphatic carbocycles. The summed E-state index contributed by atoms with van der Waals surface area (Å²) in [6, 6.07) is 7.68. The number of anilines is 3. The van der Waals surface area contributed by atoms with Gasteiger partial charge in [-0.3, -0.25) is 4.21 Å². The van der Waals surface area contributed by atoms with Gasteiger partial charge in [0.25, 0.3) is 0 Å². The summed E-state index contributed by atoms with van der Waals surface area (Å²) in [7, 11) is -1.03. The van der Waals surface area contributed by atoms with Crippen LogP contribution in [0.25, 0.3) is 0 Å². The molecule has 0 spiro atoms. The molecule has 1 aromatic carbocycles. The fourth-order valence-electron chi connectivity index (χ4n) is 4.31. The number of rotatable bonds is 4. The molecule has 0 amide bonds. The second kappa shape index (κ2) is 8.39. The number of ether oxygens (including phenoxy) is 1. The first-order valence-corrected chi connectivity index (χ1v) is 11.9. The lowest BCUT2D eigenvalue weighted by molar-refractivity contribution is 0.0903. The minimum Gasteiger partial charge on any atom is -0.508 e. The monoisotopic (exact) mass is 429 g/mol. The zero-order valence-corrected chi connectivity index (χ0v) is 17.7. The molecule has 3 aliphatic heterocycles. The molecule has 0 saturated carbocycles. The topological polar surface area (TPSA) is 90.8 Å².